The lowest BCUT2D eigenvalue weighted by Crippen LogP contribution is -2.15. The van der Waals surface area contributed by atoms with Crippen LogP contribution in [0.25, 0.3) is 0 Å². The Morgan fingerprint density at radius 3 is 2.53 bits per heavy atom. The highest BCUT2D eigenvalue weighted by Crippen LogP contribution is 2.31. The van der Waals surface area contributed by atoms with Crippen molar-refractivity contribution in [1.29, 1.82) is 0 Å². The molecule has 3 rings (SSSR count). The summed E-state index contributed by atoms with van der Waals surface area (Å²) in [5.41, 5.74) is 1.36. The van der Waals surface area contributed by atoms with Crippen molar-refractivity contribution in [3.63, 3.8) is 0 Å². The largest absolute Gasteiger partial charge is 0.506 e. The van der Waals surface area contributed by atoms with Crippen molar-refractivity contribution < 1.29 is 23.1 Å². The fourth-order valence-electron chi connectivity index (χ4n) is 2.88. The average molecular weight is 447 g/mol. The van der Waals surface area contributed by atoms with Gasteiger partial charge in [0.1, 0.15) is 11.5 Å². The zero-order chi connectivity index (χ0) is 21.9. The van der Waals surface area contributed by atoms with Crippen molar-refractivity contribution in [1.82, 2.24) is 0 Å². The molecule has 1 aromatic heterocycles. The first-order valence-electron chi connectivity index (χ1n) is 9.14. The standard InChI is InChI=1S/C21H22N2O5S2/c1-4-14-11-20(29-13(14)2)21(25)22-17-12-15(9-10-18(17)24)30(26,27)23-16-7-5-6-8-19(16)28-3/h5-12,23-24H,4H2,1-3H3,(H,22,25). The number of anilines is 2. The molecule has 0 atom stereocenters. The number of hydrogen-bond donors (Lipinski definition) is 3. The number of thiophene rings is 1. The Balaban J connectivity index is 1.87. The lowest BCUT2D eigenvalue weighted by atomic mass is 10.2. The molecule has 0 unspecified atom stereocenters. The molecule has 30 heavy (non-hydrogen) atoms. The number of benzene rings is 2. The Kier molecular flexibility index (Phi) is 6.33. The summed E-state index contributed by atoms with van der Waals surface area (Å²) in [5.74, 6) is -0.276. The number of phenols is 1. The maximum absolute atomic E-state index is 12.8. The van der Waals surface area contributed by atoms with Crippen LogP contribution in [0, 0.1) is 6.92 Å². The van der Waals surface area contributed by atoms with E-state index in [0.717, 1.165) is 16.9 Å². The summed E-state index contributed by atoms with van der Waals surface area (Å²) < 4.78 is 33.3. The molecule has 9 heteroatoms. The van der Waals surface area contributed by atoms with E-state index in [1.165, 1.54) is 36.6 Å². The summed E-state index contributed by atoms with van der Waals surface area (Å²) in [6, 6.07) is 12.1. The van der Waals surface area contributed by atoms with Gasteiger partial charge in [-0.25, -0.2) is 8.42 Å². The van der Waals surface area contributed by atoms with E-state index in [2.05, 4.69) is 10.0 Å². The lowest BCUT2D eigenvalue weighted by molar-refractivity contribution is 0.103. The smallest absolute Gasteiger partial charge is 0.265 e. The van der Waals surface area contributed by atoms with E-state index in [9.17, 15) is 18.3 Å². The van der Waals surface area contributed by atoms with E-state index in [-0.39, 0.29) is 22.0 Å². The second-order valence-corrected chi connectivity index (χ2v) is 9.42. The van der Waals surface area contributed by atoms with Gasteiger partial charge in [-0.15, -0.1) is 11.3 Å². The van der Waals surface area contributed by atoms with Crippen LogP contribution in [0.15, 0.2) is 53.4 Å². The highest BCUT2D eigenvalue weighted by molar-refractivity contribution is 7.92. The van der Waals surface area contributed by atoms with Crippen LogP contribution in [0.5, 0.6) is 11.5 Å². The Hall–Kier alpha value is -3.04. The molecule has 0 fully saturated rings. The van der Waals surface area contributed by atoms with Gasteiger partial charge in [0.2, 0.25) is 0 Å². The van der Waals surface area contributed by atoms with E-state index in [1.807, 2.05) is 13.8 Å². The lowest BCUT2D eigenvalue weighted by Gasteiger charge is -2.13. The van der Waals surface area contributed by atoms with Crippen molar-refractivity contribution in [2.75, 3.05) is 17.1 Å². The fraction of sp³-hybridized carbons (Fsp3) is 0.190. The van der Waals surface area contributed by atoms with E-state index < -0.39 is 15.9 Å². The van der Waals surface area contributed by atoms with Crippen molar-refractivity contribution in [3.8, 4) is 11.5 Å². The quantitative estimate of drug-likeness (QED) is 0.467. The zero-order valence-electron chi connectivity index (χ0n) is 16.7. The molecule has 2 aromatic carbocycles. The molecular formula is C21H22N2O5S2. The number of amides is 1. The summed E-state index contributed by atoms with van der Waals surface area (Å²) in [6.45, 7) is 3.94. The number of nitrogens with one attached hydrogen (secondary N) is 2. The summed E-state index contributed by atoms with van der Waals surface area (Å²) in [5, 5.41) is 12.7. The maximum Gasteiger partial charge on any atom is 0.265 e. The van der Waals surface area contributed by atoms with Crippen LogP contribution in [0.1, 0.15) is 27.0 Å². The number of phenolic OH excluding ortho intramolecular Hbond substituents is 1. The van der Waals surface area contributed by atoms with Gasteiger partial charge in [-0.3, -0.25) is 9.52 Å². The number of carbonyl (C=O) groups excluding carboxylic acids is 1. The highest BCUT2D eigenvalue weighted by atomic mass is 32.2. The second-order valence-electron chi connectivity index (χ2n) is 6.48. The average Bonchev–Trinajstić information content (AvgIpc) is 3.10. The van der Waals surface area contributed by atoms with Gasteiger partial charge in [-0.2, -0.15) is 0 Å². The molecular weight excluding hydrogens is 424 g/mol. The van der Waals surface area contributed by atoms with E-state index in [4.69, 9.17) is 4.74 Å². The third kappa shape index (κ3) is 4.58. The third-order valence-electron chi connectivity index (χ3n) is 4.50. The van der Waals surface area contributed by atoms with E-state index >= 15 is 0 Å². The van der Waals surface area contributed by atoms with Crippen LogP contribution >= 0.6 is 11.3 Å². The van der Waals surface area contributed by atoms with Gasteiger partial charge in [0.05, 0.1) is 28.3 Å². The number of aryl methyl sites for hydroxylation is 2. The van der Waals surface area contributed by atoms with Gasteiger partial charge in [0, 0.05) is 4.88 Å². The first kappa shape index (κ1) is 21.7. The summed E-state index contributed by atoms with van der Waals surface area (Å²) >= 11 is 1.35. The Morgan fingerprint density at radius 2 is 1.87 bits per heavy atom. The predicted molar refractivity (Wildman–Crippen MR) is 118 cm³/mol. The number of methoxy groups -OCH3 is 1. The molecule has 0 saturated carbocycles. The Bertz CT molecular complexity index is 1190. The van der Waals surface area contributed by atoms with Crippen LogP contribution in [0.3, 0.4) is 0 Å². The molecule has 0 spiro atoms. The van der Waals surface area contributed by atoms with Gasteiger partial charge in [0.15, 0.2) is 0 Å². The minimum atomic E-state index is -3.98. The van der Waals surface area contributed by atoms with Crippen LogP contribution < -0.4 is 14.8 Å². The van der Waals surface area contributed by atoms with Gasteiger partial charge >= 0.3 is 0 Å². The molecule has 0 aliphatic heterocycles. The number of sulfonamides is 1. The summed E-state index contributed by atoms with van der Waals surface area (Å²) in [4.78, 5) is 14.0. The zero-order valence-corrected chi connectivity index (χ0v) is 18.4. The second kappa shape index (κ2) is 8.76. The van der Waals surface area contributed by atoms with Crippen LogP contribution in [0.4, 0.5) is 11.4 Å². The normalized spacial score (nSPS) is 11.2. The number of para-hydroxylation sites is 2. The molecule has 1 heterocycles. The molecule has 0 aliphatic carbocycles. The molecule has 0 bridgehead atoms. The van der Waals surface area contributed by atoms with E-state index in [1.54, 1.807) is 30.3 Å². The summed E-state index contributed by atoms with van der Waals surface area (Å²) in [7, 11) is -2.54. The highest BCUT2D eigenvalue weighted by Gasteiger charge is 2.20. The monoisotopic (exact) mass is 446 g/mol. The van der Waals surface area contributed by atoms with Crippen molar-refractivity contribution in [2.45, 2.75) is 25.2 Å². The number of aromatic hydroxyl groups is 1. The maximum atomic E-state index is 12.8. The van der Waals surface area contributed by atoms with Crippen molar-refractivity contribution in [3.05, 3.63) is 63.8 Å². The first-order chi connectivity index (χ1) is 14.2. The van der Waals surface area contributed by atoms with Gasteiger partial charge < -0.3 is 15.2 Å². The molecule has 3 aromatic rings. The van der Waals surface area contributed by atoms with Crippen molar-refractivity contribution in [2.24, 2.45) is 0 Å². The SMILES string of the molecule is CCc1cc(C(=O)Nc2cc(S(=O)(=O)Nc3ccccc3OC)ccc2O)sc1C. The van der Waals surface area contributed by atoms with Gasteiger partial charge in [-0.05, 0) is 55.3 Å². The Morgan fingerprint density at radius 1 is 1.13 bits per heavy atom. The van der Waals surface area contributed by atoms with E-state index in [0.29, 0.717) is 10.6 Å². The number of carbonyl (C=O) groups is 1. The topological polar surface area (TPSA) is 105 Å². The molecule has 0 radical (unpaired) electrons. The predicted octanol–water partition coefficient (Wildman–Crippen LogP) is 4.39. The summed E-state index contributed by atoms with van der Waals surface area (Å²) in [6.07, 6.45) is 0.809. The molecule has 1 amide bonds. The van der Waals surface area contributed by atoms with Gasteiger partial charge in [0.25, 0.3) is 15.9 Å². The first-order valence-corrected chi connectivity index (χ1v) is 11.4. The minimum Gasteiger partial charge on any atom is -0.506 e. The van der Waals surface area contributed by atoms with Crippen molar-refractivity contribution >= 4 is 38.6 Å². The fourth-order valence-corrected chi connectivity index (χ4v) is 4.99. The molecule has 7 nitrogen and oxygen atoms in total. The number of ether oxygens (including phenoxy) is 1. The molecule has 0 saturated heterocycles. The molecule has 158 valence electrons. The number of hydrogen-bond acceptors (Lipinski definition) is 6. The van der Waals surface area contributed by atoms with Crippen LogP contribution in [0.2, 0.25) is 0 Å². The van der Waals surface area contributed by atoms with Crippen LogP contribution in [-0.2, 0) is 16.4 Å². The number of rotatable bonds is 7. The molecule has 3 N–H and O–H groups in total. The minimum absolute atomic E-state index is 0.00648. The van der Waals surface area contributed by atoms with Crippen LogP contribution in [-0.4, -0.2) is 26.5 Å². The van der Waals surface area contributed by atoms with Gasteiger partial charge in [-0.1, -0.05) is 19.1 Å². The third-order valence-corrected chi connectivity index (χ3v) is 6.96. The Labute approximate surface area is 179 Å². The molecule has 0 aliphatic rings.